The molecule has 3 amide bonds. The van der Waals surface area contributed by atoms with Gasteiger partial charge in [0.25, 0.3) is 17.7 Å². The molecule has 0 aliphatic rings. The largest absolute Gasteiger partial charge is 0.394 e. The summed E-state index contributed by atoms with van der Waals surface area (Å²) < 4.78 is 0. The van der Waals surface area contributed by atoms with Gasteiger partial charge < -0.3 is 41.5 Å². The number of amides is 3. The number of aliphatic hydroxyl groups is 5. The summed E-state index contributed by atoms with van der Waals surface area (Å²) in [7, 11) is 0. The first kappa shape index (κ1) is 39.0. The highest BCUT2D eigenvalue weighted by molar-refractivity contribution is 6.08. The number of hydrogen-bond donors (Lipinski definition) is 8. The molecule has 0 saturated heterocycles. The minimum atomic E-state index is -1.35. The Morgan fingerprint density at radius 3 is 1.19 bits per heavy atom. The van der Waals surface area contributed by atoms with E-state index in [1.807, 2.05) is 41.5 Å². The predicted molar refractivity (Wildman–Crippen MR) is 146 cm³/mol. The van der Waals surface area contributed by atoms with Gasteiger partial charge in [-0.25, -0.2) is 0 Å². The van der Waals surface area contributed by atoms with Crippen LogP contribution in [-0.2, 0) is 4.79 Å². The second kappa shape index (κ2) is 21.5. The Morgan fingerprint density at radius 2 is 0.946 bits per heavy atom. The molecule has 0 saturated carbocycles. The molecule has 8 N–H and O–H groups in total. The molecular weight excluding hydrogens is 482 g/mol. The van der Waals surface area contributed by atoms with Crippen molar-refractivity contribution in [2.24, 2.45) is 0 Å². The molecule has 216 valence electrons. The zero-order valence-corrected chi connectivity index (χ0v) is 24.0. The van der Waals surface area contributed by atoms with E-state index in [2.05, 4.69) is 16.0 Å². The van der Waals surface area contributed by atoms with Gasteiger partial charge in [-0.2, -0.15) is 0 Å². The zero-order valence-electron chi connectivity index (χ0n) is 24.0. The van der Waals surface area contributed by atoms with Crippen LogP contribution < -0.4 is 16.0 Å². The highest BCUT2D eigenvalue weighted by Gasteiger charge is 2.28. The van der Waals surface area contributed by atoms with E-state index in [-0.39, 0.29) is 22.4 Å². The molecule has 0 aliphatic heterocycles. The van der Waals surface area contributed by atoms with Gasteiger partial charge in [-0.1, -0.05) is 41.5 Å². The van der Waals surface area contributed by atoms with Gasteiger partial charge in [0.05, 0.1) is 38.5 Å². The first-order valence-corrected chi connectivity index (χ1v) is 12.7. The first-order valence-electron chi connectivity index (χ1n) is 12.7. The maximum absolute atomic E-state index is 12.9. The van der Waals surface area contributed by atoms with Crippen molar-refractivity contribution in [3.63, 3.8) is 0 Å². The Balaban J connectivity index is -0.00000179. The number of carbonyl (C=O) groups excluding carboxylic acids is 3. The van der Waals surface area contributed by atoms with E-state index >= 15 is 0 Å². The highest BCUT2D eigenvalue weighted by atomic mass is 16.3. The van der Waals surface area contributed by atoms with Crippen LogP contribution in [0.5, 0.6) is 0 Å². The van der Waals surface area contributed by atoms with Gasteiger partial charge in [-0.05, 0) is 44.4 Å². The molecule has 1 aromatic carbocycles. The third kappa shape index (κ3) is 11.6. The van der Waals surface area contributed by atoms with Crippen molar-refractivity contribution in [2.75, 3.05) is 31.7 Å². The SMILES string of the molecule is CC.CC.CC.Cc1c(NC(=O)C(C)O)c(C)c(C(=O)NC(CO)CO)c(C)c1C(=O)NC(CO)CO. The number of anilines is 1. The van der Waals surface area contributed by atoms with Gasteiger partial charge in [0, 0.05) is 16.8 Å². The molecule has 0 spiro atoms. The number of rotatable bonds is 10. The van der Waals surface area contributed by atoms with Gasteiger partial charge in [0.2, 0.25) is 0 Å². The van der Waals surface area contributed by atoms with Crippen molar-refractivity contribution >= 4 is 23.4 Å². The van der Waals surface area contributed by atoms with Crippen molar-refractivity contribution in [3.8, 4) is 0 Å². The lowest BCUT2D eigenvalue weighted by Gasteiger charge is -2.24. The fraction of sp³-hybridized carbons (Fsp3) is 0.654. The van der Waals surface area contributed by atoms with E-state index in [1.54, 1.807) is 13.8 Å². The number of benzene rings is 1. The van der Waals surface area contributed by atoms with Crippen molar-refractivity contribution in [2.45, 2.75) is 87.4 Å². The lowest BCUT2D eigenvalue weighted by atomic mass is 9.89. The van der Waals surface area contributed by atoms with E-state index in [9.17, 15) is 39.9 Å². The monoisotopic (exact) mass is 531 g/mol. The van der Waals surface area contributed by atoms with Crippen LogP contribution in [0.15, 0.2) is 0 Å². The maximum atomic E-state index is 12.9. The average Bonchev–Trinajstić information content (AvgIpc) is 2.91. The number of hydrogen-bond acceptors (Lipinski definition) is 8. The number of carbonyl (C=O) groups is 3. The van der Waals surface area contributed by atoms with E-state index in [0.717, 1.165) is 0 Å². The Morgan fingerprint density at radius 1 is 0.649 bits per heavy atom. The smallest absolute Gasteiger partial charge is 0.252 e. The normalized spacial score (nSPS) is 10.6. The fourth-order valence-corrected chi connectivity index (χ4v) is 3.13. The van der Waals surface area contributed by atoms with Gasteiger partial charge in [-0.3, -0.25) is 14.4 Å². The van der Waals surface area contributed by atoms with Crippen LogP contribution >= 0.6 is 0 Å². The second-order valence-electron chi connectivity index (χ2n) is 7.24. The molecular formula is C26H49N3O8. The molecule has 1 unspecified atom stereocenters. The van der Waals surface area contributed by atoms with Crippen molar-refractivity contribution in [1.82, 2.24) is 10.6 Å². The Hall–Kier alpha value is -2.57. The van der Waals surface area contributed by atoms with Crippen LogP contribution in [0.1, 0.15) is 85.9 Å². The van der Waals surface area contributed by atoms with Gasteiger partial charge in [-0.15, -0.1) is 0 Å². The Labute approximate surface area is 221 Å². The van der Waals surface area contributed by atoms with Crippen molar-refractivity contribution in [1.29, 1.82) is 0 Å². The lowest BCUT2D eigenvalue weighted by molar-refractivity contribution is -0.123. The van der Waals surface area contributed by atoms with Gasteiger partial charge in [0.15, 0.2) is 0 Å². The summed E-state index contributed by atoms with van der Waals surface area (Å²) in [6, 6.07) is -1.87. The summed E-state index contributed by atoms with van der Waals surface area (Å²) in [4.78, 5) is 37.9. The molecule has 0 bridgehead atoms. The van der Waals surface area contributed by atoms with E-state index in [4.69, 9.17) is 0 Å². The topological polar surface area (TPSA) is 188 Å². The summed E-state index contributed by atoms with van der Waals surface area (Å²) >= 11 is 0. The standard InChI is InChI=1S/C20H31N3O8.3C2H6/c1-9-15(19(30)21-13(5-24)6-25)10(2)17(23-18(29)12(4)28)11(3)16(9)20(31)22-14(7-26)8-27;3*1-2/h12-14,24-28H,5-8H2,1-4H3,(H,21,30)(H,22,31)(H,23,29);3*1-2H3. The van der Waals surface area contributed by atoms with E-state index in [1.165, 1.54) is 13.8 Å². The summed E-state index contributed by atoms with van der Waals surface area (Å²) in [5.74, 6) is -2.13. The molecule has 11 nitrogen and oxygen atoms in total. The molecule has 1 atom stereocenters. The van der Waals surface area contributed by atoms with Crippen LogP contribution in [0.4, 0.5) is 5.69 Å². The van der Waals surface area contributed by atoms with Gasteiger partial charge in [0.1, 0.15) is 6.10 Å². The fourth-order valence-electron chi connectivity index (χ4n) is 3.13. The molecule has 0 fully saturated rings. The molecule has 0 heterocycles. The Kier molecular flexibility index (Phi) is 22.6. The third-order valence-corrected chi connectivity index (χ3v) is 4.88. The van der Waals surface area contributed by atoms with E-state index in [0.29, 0.717) is 11.1 Å². The van der Waals surface area contributed by atoms with Crippen molar-refractivity contribution < 1.29 is 39.9 Å². The average molecular weight is 532 g/mol. The molecule has 37 heavy (non-hydrogen) atoms. The summed E-state index contributed by atoms with van der Waals surface area (Å²) in [6.45, 7) is 15.8. The molecule has 1 aromatic rings. The molecule has 11 heteroatoms. The minimum Gasteiger partial charge on any atom is -0.394 e. The number of nitrogens with one attached hydrogen (secondary N) is 3. The highest BCUT2D eigenvalue weighted by Crippen LogP contribution is 2.32. The van der Waals surface area contributed by atoms with Crippen LogP contribution in [0.2, 0.25) is 0 Å². The number of aliphatic hydroxyl groups excluding tert-OH is 5. The van der Waals surface area contributed by atoms with E-state index < -0.39 is 62.3 Å². The van der Waals surface area contributed by atoms with Gasteiger partial charge >= 0.3 is 0 Å². The first-order chi connectivity index (χ1) is 17.5. The van der Waals surface area contributed by atoms with Crippen molar-refractivity contribution in [3.05, 3.63) is 27.8 Å². The molecule has 1 rings (SSSR count). The van der Waals surface area contributed by atoms with Crippen LogP contribution in [0.25, 0.3) is 0 Å². The summed E-state index contributed by atoms with van der Waals surface area (Å²) in [5.41, 5.74) is 1.09. The Bertz CT molecular complexity index is 768. The second-order valence-corrected chi connectivity index (χ2v) is 7.24. The lowest BCUT2D eigenvalue weighted by Crippen LogP contribution is -2.42. The maximum Gasteiger partial charge on any atom is 0.252 e. The van der Waals surface area contributed by atoms with Crippen LogP contribution in [0, 0.1) is 20.8 Å². The predicted octanol–water partition coefficient (Wildman–Crippen LogP) is 1.18. The molecule has 0 aliphatic carbocycles. The summed E-state index contributed by atoms with van der Waals surface area (Å²) in [6.07, 6.45) is -1.35. The van der Waals surface area contributed by atoms with Crippen LogP contribution in [-0.4, -0.2) is 87.9 Å². The third-order valence-electron chi connectivity index (χ3n) is 4.88. The minimum absolute atomic E-state index is 0.0353. The molecule has 0 aromatic heterocycles. The zero-order chi connectivity index (χ0) is 29.9. The van der Waals surface area contributed by atoms with Crippen LogP contribution in [0.3, 0.4) is 0 Å². The molecule has 0 radical (unpaired) electrons. The summed E-state index contributed by atoms with van der Waals surface area (Å²) in [5, 5.41) is 54.0. The quantitative estimate of drug-likeness (QED) is 0.221.